The number of benzene rings is 2. The van der Waals surface area contributed by atoms with Crippen LogP contribution in [0.15, 0.2) is 59.8 Å². The van der Waals surface area contributed by atoms with Crippen molar-refractivity contribution in [3.8, 4) is 17.2 Å². The Bertz CT molecular complexity index is 1950. The molecule has 0 bridgehead atoms. The van der Waals surface area contributed by atoms with Gasteiger partial charge >= 0.3 is 0 Å². The van der Waals surface area contributed by atoms with Crippen LogP contribution < -0.4 is 15.9 Å². The van der Waals surface area contributed by atoms with Crippen molar-refractivity contribution >= 4 is 35.6 Å². The molecule has 0 radical (unpaired) electrons. The number of nitrogens with two attached hydrogens (primary N) is 1. The van der Waals surface area contributed by atoms with E-state index in [1.807, 2.05) is 0 Å². The topological polar surface area (TPSA) is 230 Å². The number of hydrazone groups is 1. The van der Waals surface area contributed by atoms with E-state index in [0.717, 1.165) is 51.4 Å². The first kappa shape index (κ1) is 48.3. The Hall–Kier alpha value is -4.41. The van der Waals surface area contributed by atoms with Gasteiger partial charge in [0.15, 0.2) is 12.1 Å². The van der Waals surface area contributed by atoms with E-state index in [4.69, 9.17) is 19.9 Å². The standard InChI is InChI=1S/C45H59N3O11.ClH/c1-4-5-6-7-8-9-10-11-12-13-14-15-16-17-18-22-34(50)48-47-33(26-49)45(56)24-29-37(32(25-45)59-35-23-30(46)40(51)27(2)58-35)44(55)39-38(42(29)53)41(52)28-20-19-21-31(57-3)36(28)43(39)54;/h5-6,8-9,11-12,19-21,27,30,32,35,40,49,51,53,55-56H,4,7,10,13-18,22-26,46H2,1-3H3,(H,48,50);1H/b6-5-,9-8-,12-11-,47-33+;/t27-,30-,32-,35-,40+,45-;/m0./s1. The van der Waals surface area contributed by atoms with Crippen molar-refractivity contribution in [2.45, 2.75) is 134 Å². The van der Waals surface area contributed by atoms with Crippen molar-refractivity contribution in [2.75, 3.05) is 13.7 Å². The molecule has 0 unspecified atom stereocenters. The van der Waals surface area contributed by atoms with Crippen LogP contribution >= 0.6 is 12.4 Å². The van der Waals surface area contributed by atoms with Crippen LogP contribution in [-0.2, 0) is 20.7 Å². The lowest BCUT2D eigenvalue weighted by Crippen LogP contribution is -2.53. The highest BCUT2D eigenvalue weighted by Crippen LogP contribution is 2.52. The second kappa shape index (κ2) is 22.4. The normalized spacial score (nSPS) is 24.1. The number of hydrogen-bond donors (Lipinski definition) is 7. The Balaban J connectivity index is 0.00000794. The van der Waals surface area contributed by atoms with Gasteiger partial charge in [0.25, 0.3) is 0 Å². The fraction of sp³-hybridized carbons (Fsp3) is 0.511. The molecule has 1 aliphatic heterocycles. The van der Waals surface area contributed by atoms with Crippen molar-refractivity contribution in [1.29, 1.82) is 0 Å². The Labute approximate surface area is 357 Å². The number of ether oxygens (including phenoxy) is 3. The van der Waals surface area contributed by atoms with Crippen molar-refractivity contribution in [3.63, 3.8) is 0 Å². The lowest BCUT2D eigenvalue weighted by molar-refractivity contribution is -0.245. The van der Waals surface area contributed by atoms with Gasteiger partial charge in [-0.1, -0.05) is 74.8 Å². The molecule has 1 fully saturated rings. The fourth-order valence-electron chi connectivity index (χ4n) is 7.99. The highest BCUT2D eigenvalue weighted by Gasteiger charge is 2.49. The predicted octanol–water partition coefficient (Wildman–Crippen LogP) is 5.92. The van der Waals surface area contributed by atoms with Gasteiger partial charge in [0, 0.05) is 48.4 Å². The van der Waals surface area contributed by atoms with E-state index in [0.29, 0.717) is 6.42 Å². The summed E-state index contributed by atoms with van der Waals surface area (Å²) >= 11 is 0. The van der Waals surface area contributed by atoms with Crippen molar-refractivity contribution in [2.24, 2.45) is 10.8 Å². The molecule has 8 N–H and O–H groups in total. The number of hydrogen-bond acceptors (Lipinski definition) is 13. The number of aliphatic hydroxyl groups excluding tert-OH is 2. The van der Waals surface area contributed by atoms with Crippen molar-refractivity contribution in [1.82, 2.24) is 5.43 Å². The van der Waals surface area contributed by atoms with E-state index in [-0.39, 0.29) is 59.0 Å². The third-order valence-electron chi connectivity index (χ3n) is 11.2. The summed E-state index contributed by atoms with van der Waals surface area (Å²) in [5, 5.41) is 60.9. The number of carbonyl (C=O) groups excluding carboxylic acids is 3. The lowest BCUT2D eigenvalue weighted by atomic mass is 9.71. The maximum absolute atomic E-state index is 14.0. The average molecular weight is 854 g/mol. The second-order valence-corrected chi connectivity index (χ2v) is 15.4. The van der Waals surface area contributed by atoms with Crippen molar-refractivity contribution in [3.05, 3.63) is 88.0 Å². The SMILES string of the molecule is CC/C=C\C/C=C\C/C=C\CCCCCCCC(=O)N/N=C(\CO)[C@]1(O)Cc2c(O)c3c(c(O)c2[C@@H](O[C@H]2C[C@H](N)[C@H](O)[C@H](C)O2)C1)C(=O)c1c(OC)cccc1C3=O.Cl. The summed E-state index contributed by atoms with van der Waals surface area (Å²) in [4.78, 5) is 40.8. The number of phenolic OH excluding ortho intramolecular Hbond substituents is 2. The molecule has 2 aromatic carbocycles. The number of nitrogens with one attached hydrogen (secondary N) is 1. The van der Waals surface area contributed by atoms with E-state index < -0.39 is 95.8 Å². The van der Waals surface area contributed by atoms with Gasteiger partial charge in [-0.15, -0.1) is 12.4 Å². The van der Waals surface area contributed by atoms with E-state index in [2.05, 4.69) is 53.9 Å². The van der Waals surface area contributed by atoms with Crippen LogP contribution in [0.1, 0.15) is 140 Å². The lowest BCUT2D eigenvalue weighted by Gasteiger charge is -2.43. The zero-order valence-electron chi connectivity index (χ0n) is 34.6. The number of rotatable bonds is 19. The number of aliphatic hydroxyl groups is 3. The molecule has 0 spiro atoms. The summed E-state index contributed by atoms with van der Waals surface area (Å²) in [6.07, 6.45) is 16.7. The first-order valence-electron chi connectivity index (χ1n) is 20.6. The number of halogens is 1. The minimum absolute atomic E-state index is 0. The number of ketones is 2. The smallest absolute Gasteiger partial charge is 0.240 e. The van der Waals surface area contributed by atoms with E-state index in [1.54, 1.807) is 6.92 Å². The van der Waals surface area contributed by atoms with Crippen LogP contribution in [-0.4, -0.2) is 92.6 Å². The van der Waals surface area contributed by atoms with Gasteiger partial charge in [0.05, 0.1) is 54.4 Å². The maximum Gasteiger partial charge on any atom is 0.240 e. The molecule has 0 saturated carbocycles. The number of amides is 1. The summed E-state index contributed by atoms with van der Waals surface area (Å²) in [6.45, 7) is 2.91. The maximum atomic E-state index is 14.0. The Kier molecular flexibility index (Phi) is 18.0. The predicted molar refractivity (Wildman–Crippen MR) is 229 cm³/mol. The molecule has 5 rings (SSSR count). The third kappa shape index (κ3) is 11.1. The number of nitrogens with zero attached hydrogens (tertiary/aromatic N) is 1. The summed E-state index contributed by atoms with van der Waals surface area (Å²) in [6, 6.07) is 3.68. The molecule has 3 aliphatic rings. The van der Waals surface area contributed by atoms with E-state index in [9.17, 15) is 39.9 Å². The summed E-state index contributed by atoms with van der Waals surface area (Å²) < 4.78 is 17.5. The van der Waals surface area contributed by atoms with Crippen LogP contribution in [0.2, 0.25) is 0 Å². The number of aromatic hydroxyl groups is 2. The Morgan fingerprint density at radius 1 is 0.983 bits per heavy atom. The number of allylic oxidation sites excluding steroid dienone is 6. The minimum atomic E-state index is -2.10. The van der Waals surface area contributed by atoms with Crippen LogP contribution in [0.4, 0.5) is 0 Å². The average Bonchev–Trinajstić information content (AvgIpc) is 3.21. The number of carbonyl (C=O) groups is 3. The summed E-state index contributed by atoms with van der Waals surface area (Å²) in [5.74, 6) is -3.16. The monoisotopic (exact) mass is 853 g/mol. The molecule has 1 saturated heterocycles. The molecule has 60 heavy (non-hydrogen) atoms. The first-order valence-corrected chi connectivity index (χ1v) is 20.6. The zero-order chi connectivity index (χ0) is 42.7. The van der Waals surface area contributed by atoms with Gasteiger partial charge < -0.3 is 45.5 Å². The second-order valence-electron chi connectivity index (χ2n) is 15.4. The molecule has 6 atom stereocenters. The fourth-order valence-corrected chi connectivity index (χ4v) is 7.99. The number of methoxy groups -OCH3 is 1. The first-order chi connectivity index (χ1) is 28.4. The van der Waals surface area contributed by atoms with E-state index >= 15 is 0 Å². The van der Waals surface area contributed by atoms with Crippen LogP contribution in [0.3, 0.4) is 0 Å². The molecule has 0 aromatic heterocycles. The third-order valence-corrected chi connectivity index (χ3v) is 11.2. The molecular formula is C45H60ClN3O11. The molecule has 15 heteroatoms. The van der Waals surface area contributed by atoms with Gasteiger partial charge in [-0.3, -0.25) is 14.4 Å². The van der Waals surface area contributed by atoms with Crippen LogP contribution in [0.5, 0.6) is 17.2 Å². The summed E-state index contributed by atoms with van der Waals surface area (Å²) in [5.41, 5.74) is 4.97. The van der Waals surface area contributed by atoms with Gasteiger partial charge in [-0.25, -0.2) is 5.43 Å². The molecular weight excluding hydrogens is 794 g/mol. The van der Waals surface area contributed by atoms with Gasteiger partial charge in [0.1, 0.15) is 22.8 Å². The van der Waals surface area contributed by atoms with Gasteiger partial charge in [-0.2, -0.15) is 5.10 Å². The number of phenols is 2. The van der Waals surface area contributed by atoms with Crippen LogP contribution in [0, 0.1) is 0 Å². The molecule has 2 aliphatic carbocycles. The molecule has 328 valence electrons. The van der Waals surface area contributed by atoms with Crippen LogP contribution in [0.25, 0.3) is 0 Å². The van der Waals surface area contributed by atoms with Gasteiger partial charge in [0.2, 0.25) is 11.7 Å². The molecule has 2 aromatic rings. The molecule has 1 amide bonds. The quantitative estimate of drug-likeness (QED) is 0.0245. The molecule has 1 heterocycles. The number of fused-ring (bicyclic) bond motifs is 3. The Morgan fingerprint density at radius 2 is 1.65 bits per heavy atom. The number of unbranched alkanes of at least 4 members (excludes halogenated alkanes) is 5. The zero-order valence-corrected chi connectivity index (χ0v) is 35.4. The highest BCUT2D eigenvalue weighted by molar-refractivity contribution is 6.31. The van der Waals surface area contributed by atoms with Crippen molar-refractivity contribution < 1.29 is 54.1 Å². The van der Waals surface area contributed by atoms with E-state index in [1.165, 1.54) is 25.3 Å². The summed E-state index contributed by atoms with van der Waals surface area (Å²) in [7, 11) is 1.34. The minimum Gasteiger partial charge on any atom is -0.507 e. The largest absolute Gasteiger partial charge is 0.507 e. The molecule has 14 nitrogen and oxygen atoms in total. The highest BCUT2D eigenvalue weighted by atomic mass is 35.5. The Morgan fingerprint density at radius 3 is 2.33 bits per heavy atom. The van der Waals surface area contributed by atoms with Gasteiger partial charge in [-0.05, 0) is 51.5 Å².